The molecule has 0 heterocycles. The number of alkyl halides is 2. The Labute approximate surface area is 172 Å². The van der Waals surface area contributed by atoms with Gasteiger partial charge in [-0.2, -0.15) is 13.1 Å². The van der Waals surface area contributed by atoms with Gasteiger partial charge in [-0.1, -0.05) is 35.5 Å². The summed E-state index contributed by atoms with van der Waals surface area (Å²) in [6, 6.07) is 9.67. The van der Waals surface area contributed by atoms with Gasteiger partial charge in [-0.05, 0) is 44.2 Å². The number of amides is 1. The Hall–Kier alpha value is -1.68. The van der Waals surface area contributed by atoms with Crippen molar-refractivity contribution < 1.29 is 22.0 Å². The molecule has 0 atom stereocenters. The third-order valence-corrected chi connectivity index (χ3v) is 7.23. The van der Waals surface area contributed by atoms with Gasteiger partial charge in [0.25, 0.3) is 11.7 Å². The Balaban J connectivity index is 2.34. The highest BCUT2D eigenvalue weighted by Crippen LogP contribution is 2.37. The lowest BCUT2D eigenvalue weighted by Crippen LogP contribution is -2.33. The van der Waals surface area contributed by atoms with Crippen LogP contribution in [-0.4, -0.2) is 37.5 Å². The molecular formula is C18H19ClF2N2O3S2. The second kappa shape index (κ2) is 9.21. The Morgan fingerprint density at radius 1 is 1.18 bits per heavy atom. The Morgan fingerprint density at radius 3 is 2.43 bits per heavy atom. The predicted octanol–water partition coefficient (Wildman–Crippen LogP) is 4.94. The van der Waals surface area contributed by atoms with Crippen molar-refractivity contribution in [1.82, 2.24) is 4.31 Å². The van der Waals surface area contributed by atoms with Crippen LogP contribution in [0.3, 0.4) is 0 Å². The maximum Gasteiger partial charge on any atom is 0.289 e. The van der Waals surface area contributed by atoms with E-state index in [4.69, 9.17) is 11.6 Å². The Kier molecular flexibility index (Phi) is 7.44. The van der Waals surface area contributed by atoms with E-state index >= 15 is 0 Å². The number of halogens is 3. The van der Waals surface area contributed by atoms with Crippen LogP contribution in [0.5, 0.6) is 0 Å². The molecule has 152 valence electrons. The summed E-state index contributed by atoms with van der Waals surface area (Å²) in [6.45, 7) is 3.46. The lowest BCUT2D eigenvalue weighted by molar-refractivity contribution is 0.102. The van der Waals surface area contributed by atoms with Gasteiger partial charge in [0.05, 0.1) is 20.5 Å². The number of anilines is 1. The monoisotopic (exact) mass is 448 g/mol. The summed E-state index contributed by atoms with van der Waals surface area (Å²) in [6.07, 6.45) is 0. The number of sulfonamides is 1. The third kappa shape index (κ3) is 5.22. The molecule has 28 heavy (non-hydrogen) atoms. The molecule has 0 aliphatic carbocycles. The number of nitrogens with one attached hydrogen (secondary N) is 1. The van der Waals surface area contributed by atoms with Crippen LogP contribution in [0, 0.1) is 0 Å². The quantitative estimate of drug-likeness (QED) is 0.609. The van der Waals surface area contributed by atoms with Crippen LogP contribution < -0.4 is 5.32 Å². The molecule has 0 bridgehead atoms. The number of nitrogens with zero attached hydrogens (tertiary/aromatic N) is 1. The van der Waals surface area contributed by atoms with Crippen LogP contribution in [0.4, 0.5) is 14.5 Å². The zero-order valence-electron chi connectivity index (χ0n) is 15.3. The molecule has 0 unspecified atom stereocenters. The van der Waals surface area contributed by atoms with Gasteiger partial charge in [-0.3, -0.25) is 4.79 Å². The molecule has 0 saturated heterocycles. The van der Waals surface area contributed by atoms with Gasteiger partial charge in [0.1, 0.15) is 0 Å². The highest BCUT2D eigenvalue weighted by molar-refractivity contribution is 7.99. The number of carbonyl (C=O) groups is 1. The van der Waals surface area contributed by atoms with Crippen molar-refractivity contribution in [3.05, 3.63) is 53.1 Å². The maximum atomic E-state index is 12.8. The van der Waals surface area contributed by atoms with E-state index < -0.39 is 21.7 Å². The third-order valence-electron chi connectivity index (χ3n) is 3.92. The molecule has 0 aromatic heterocycles. The van der Waals surface area contributed by atoms with Gasteiger partial charge >= 0.3 is 0 Å². The molecular weight excluding hydrogens is 430 g/mol. The van der Waals surface area contributed by atoms with Crippen molar-refractivity contribution in [2.24, 2.45) is 0 Å². The molecule has 0 aliphatic heterocycles. The van der Waals surface area contributed by atoms with Crippen LogP contribution in [0.2, 0.25) is 5.02 Å². The van der Waals surface area contributed by atoms with Crippen LogP contribution >= 0.6 is 23.4 Å². The zero-order valence-corrected chi connectivity index (χ0v) is 17.7. The second-order valence-electron chi connectivity index (χ2n) is 6.09. The SMILES string of the molecule is CC(C)N(C)S(=O)(=O)c1cccc(C(=O)Nc2cccc(Cl)c2SC(F)F)c1. The zero-order chi connectivity index (χ0) is 21.1. The van der Waals surface area contributed by atoms with E-state index in [9.17, 15) is 22.0 Å². The first kappa shape index (κ1) is 22.6. The first-order valence-electron chi connectivity index (χ1n) is 8.16. The molecule has 1 N–H and O–H groups in total. The van der Waals surface area contributed by atoms with E-state index in [1.54, 1.807) is 13.8 Å². The molecule has 10 heteroatoms. The average Bonchev–Trinajstić information content (AvgIpc) is 2.63. The van der Waals surface area contributed by atoms with Gasteiger partial charge in [-0.15, -0.1) is 0 Å². The van der Waals surface area contributed by atoms with E-state index in [2.05, 4.69) is 5.32 Å². The molecule has 0 fully saturated rings. The first-order valence-corrected chi connectivity index (χ1v) is 10.9. The number of benzene rings is 2. The maximum absolute atomic E-state index is 12.8. The smallest absolute Gasteiger partial charge is 0.289 e. The van der Waals surface area contributed by atoms with Crippen LogP contribution in [-0.2, 0) is 10.0 Å². The predicted molar refractivity (Wildman–Crippen MR) is 108 cm³/mol. The second-order valence-corrected chi connectivity index (χ2v) is 9.50. The fourth-order valence-corrected chi connectivity index (χ4v) is 4.58. The van der Waals surface area contributed by atoms with Crippen LogP contribution in [0.15, 0.2) is 52.3 Å². The normalized spacial score (nSPS) is 12.0. The van der Waals surface area contributed by atoms with Crippen molar-refractivity contribution in [3.8, 4) is 0 Å². The van der Waals surface area contributed by atoms with Gasteiger partial charge in [0.2, 0.25) is 10.0 Å². The minimum absolute atomic E-state index is 0.0374. The average molecular weight is 449 g/mol. The molecule has 1 amide bonds. The minimum atomic E-state index is -3.77. The number of thioether (sulfide) groups is 1. The first-order chi connectivity index (χ1) is 13.0. The van der Waals surface area contributed by atoms with Gasteiger partial charge in [0, 0.05) is 18.7 Å². The van der Waals surface area contributed by atoms with E-state index in [0.29, 0.717) is 0 Å². The summed E-state index contributed by atoms with van der Waals surface area (Å²) in [5, 5.41) is 2.60. The molecule has 2 rings (SSSR count). The van der Waals surface area contributed by atoms with Crippen LogP contribution in [0.25, 0.3) is 0 Å². The number of hydrogen-bond acceptors (Lipinski definition) is 4. The summed E-state index contributed by atoms with van der Waals surface area (Å²) in [5.74, 6) is -3.35. The topological polar surface area (TPSA) is 66.5 Å². The highest BCUT2D eigenvalue weighted by Gasteiger charge is 2.24. The Morgan fingerprint density at radius 2 is 1.82 bits per heavy atom. The fraction of sp³-hybridized carbons (Fsp3) is 0.278. The van der Waals surface area contributed by atoms with Crippen molar-refractivity contribution >= 4 is 45.0 Å². The Bertz CT molecular complexity index is 969. The number of hydrogen-bond donors (Lipinski definition) is 1. The summed E-state index contributed by atoms with van der Waals surface area (Å²) >= 11 is 6.18. The van der Waals surface area contributed by atoms with E-state index in [1.807, 2.05) is 0 Å². The molecule has 2 aromatic carbocycles. The van der Waals surface area contributed by atoms with Crippen molar-refractivity contribution in [2.45, 2.75) is 35.4 Å². The minimum Gasteiger partial charge on any atom is -0.321 e. The molecule has 0 radical (unpaired) electrons. The van der Waals surface area contributed by atoms with Crippen molar-refractivity contribution in [1.29, 1.82) is 0 Å². The van der Waals surface area contributed by atoms with E-state index in [-0.39, 0.29) is 43.9 Å². The lowest BCUT2D eigenvalue weighted by Gasteiger charge is -2.21. The summed E-state index contributed by atoms with van der Waals surface area (Å²) in [4.78, 5) is 12.6. The summed E-state index contributed by atoms with van der Waals surface area (Å²) < 4.78 is 52.0. The summed E-state index contributed by atoms with van der Waals surface area (Å²) in [7, 11) is -2.32. The van der Waals surface area contributed by atoms with Gasteiger partial charge < -0.3 is 5.32 Å². The van der Waals surface area contributed by atoms with E-state index in [0.717, 1.165) is 0 Å². The van der Waals surface area contributed by atoms with Crippen molar-refractivity contribution in [2.75, 3.05) is 12.4 Å². The fourth-order valence-electron chi connectivity index (χ4n) is 2.25. The number of carbonyl (C=O) groups excluding carboxylic acids is 1. The lowest BCUT2D eigenvalue weighted by atomic mass is 10.2. The van der Waals surface area contributed by atoms with Crippen LogP contribution in [0.1, 0.15) is 24.2 Å². The molecule has 0 aliphatic rings. The summed E-state index contributed by atoms with van der Waals surface area (Å²) in [5.41, 5.74) is 0.196. The van der Waals surface area contributed by atoms with Gasteiger partial charge in [-0.25, -0.2) is 8.42 Å². The standard InChI is InChI=1S/C18H19ClF2N2O3S2/c1-11(2)23(3)28(25,26)13-7-4-6-12(10-13)17(24)22-15-9-5-8-14(19)16(15)27-18(20)21/h4-11,18H,1-3H3,(H,22,24). The molecule has 2 aromatic rings. The van der Waals surface area contributed by atoms with E-state index in [1.165, 1.54) is 53.8 Å². The van der Waals surface area contributed by atoms with Crippen molar-refractivity contribution in [3.63, 3.8) is 0 Å². The number of rotatable bonds is 7. The molecule has 5 nitrogen and oxygen atoms in total. The largest absolute Gasteiger partial charge is 0.321 e. The molecule has 0 saturated carbocycles. The van der Waals surface area contributed by atoms with Gasteiger partial charge in [0.15, 0.2) is 0 Å². The molecule has 0 spiro atoms. The highest BCUT2D eigenvalue weighted by atomic mass is 35.5.